The summed E-state index contributed by atoms with van der Waals surface area (Å²) in [4.78, 5) is 1.36. The van der Waals surface area contributed by atoms with E-state index in [1.165, 1.54) is 16.0 Å². The standard InChI is InChI=1S/C16H20ClNS/c1-3-18-11-14(10-15-7-8-16(17)19-15)13-6-4-5-12(2)9-13/h4-9,14,18H,3,10-11H2,1-2H3. The minimum Gasteiger partial charge on any atom is -0.316 e. The highest BCUT2D eigenvalue weighted by Crippen LogP contribution is 2.28. The summed E-state index contributed by atoms with van der Waals surface area (Å²) in [6.07, 6.45) is 1.05. The van der Waals surface area contributed by atoms with Crippen molar-refractivity contribution in [2.24, 2.45) is 0 Å². The number of benzene rings is 1. The quantitative estimate of drug-likeness (QED) is 0.818. The second kappa shape index (κ2) is 7.09. The molecule has 19 heavy (non-hydrogen) atoms. The highest BCUT2D eigenvalue weighted by molar-refractivity contribution is 7.16. The zero-order valence-electron chi connectivity index (χ0n) is 11.4. The molecule has 0 aliphatic rings. The molecule has 102 valence electrons. The van der Waals surface area contributed by atoms with Crippen LogP contribution in [0.3, 0.4) is 0 Å². The van der Waals surface area contributed by atoms with Crippen LogP contribution in [0.4, 0.5) is 0 Å². The number of hydrogen-bond donors (Lipinski definition) is 1. The molecule has 1 heterocycles. The van der Waals surface area contributed by atoms with Crippen LogP contribution >= 0.6 is 22.9 Å². The van der Waals surface area contributed by atoms with Gasteiger partial charge in [0, 0.05) is 17.3 Å². The third-order valence-corrected chi connectivity index (χ3v) is 4.48. The fraction of sp³-hybridized carbons (Fsp3) is 0.375. The van der Waals surface area contributed by atoms with Gasteiger partial charge in [0.15, 0.2) is 0 Å². The highest BCUT2D eigenvalue weighted by Gasteiger charge is 2.13. The predicted molar refractivity (Wildman–Crippen MR) is 85.5 cm³/mol. The minimum absolute atomic E-state index is 0.509. The molecule has 2 rings (SSSR count). The van der Waals surface area contributed by atoms with Crippen molar-refractivity contribution in [3.63, 3.8) is 0 Å². The fourth-order valence-electron chi connectivity index (χ4n) is 2.25. The van der Waals surface area contributed by atoms with Crippen molar-refractivity contribution >= 4 is 22.9 Å². The molecule has 0 aliphatic carbocycles. The van der Waals surface area contributed by atoms with E-state index in [0.29, 0.717) is 5.92 Å². The number of rotatable bonds is 6. The Morgan fingerprint density at radius 3 is 2.74 bits per heavy atom. The molecule has 1 N–H and O–H groups in total. The van der Waals surface area contributed by atoms with E-state index in [1.54, 1.807) is 11.3 Å². The number of thiophene rings is 1. The largest absolute Gasteiger partial charge is 0.316 e. The lowest BCUT2D eigenvalue weighted by molar-refractivity contribution is 0.598. The molecule has 0 saturated carbocycles. The molecule has 0 radical (unpaired) electrons. The summed E-state index contributed by atoms with van der Waals surface area (Å²) in [6.45, 7) is 6.31. The third kappa shape index (κ3) is 4.34. The van der Waals surface area contributed by atoms with E-state index in [0.717, 1.165) is 23.8 Å². The lowest BCUT2D eigenvalue weighted by Gasteiger charge is -2.17. The monoisotopic (exact) mass is 293 g/mol. The normalized spacial score (nSPS) is 12.6. The molecule has 0 amide bonds. The van der Waals surface area contributed by atoms with Crippen molar-refractivity contribution in [2.45, 2.75) is 26.2 Å². The molecule has 1 aromatic carbocycles. The predicted octanol–water partition coefficient (Wildman–Crippen LogP) is 4.65. The molecular weight excluding hydrogens is 274 g/mol. The molecule has 0 fully saturated rings. The smallest absolute Gasteiger partial charge is 0.0931 e. The minimum atomic E-state index is 0.509. The van der Waals surface area contributed by atoms with Crippen molar-refractivity contribution < 1.29 is 0 Å². The Bertz CT molecular complexity index is 521. The Morgan fingerprint density at radius 1 is 1.26 bits per heavy atom. The zero-order chi connectivity index (χ0) is 13.7. The SMILES string of the molecule is CCNCC(Cc1ccc(Cl)s1)c1cccc(C)c1. The lowest BCUT2D eigenvalue weighted by atomic mass is 9.93. The Kier molecular flexibility index (Phi) is 5.44. The summed E-state index contributed by atoms with van der Waals surface area (Å²) in [7, 11) is 0. The molecule has 2 aromatic rings. The Balaban J connectivity index is 2.15. The molecule has 0 bridgehead atoms. The number of nitrogens with one attached hydrogen (secondary N) is 1. The molecule has 3 heteroatoms. The Hall–Kier alpha value is -0.830. The first-order valence-electron chi connectivity index (χ1n) is 6.70. The maximum atomic E-state index is 6.02. The number of hydrogen-bond acceptors (Lipinski definition) is 2. The van der Waals surface area contributed by atoms with Gasteiger partial charge in [-0.15, -0.1) is 11.3 Å². The van der Waals surface area contributed by atoms with Crippen LogP contribution in [-0.4, -0.2) is 13.1 Å². The van der Waals surface area contributed by atoms with E-state index in [-0.39, 0.29) is 0 Å². The van der Waals surface area contributed by atoms with E-state index in [2.05, 4.69) is 49.5 Å². The van der Waals surface area contributed by atoms with Gasteiger partial charge < -0.3 is 5.32 Å². The summed E-state index contributed by atoms with van der Waals surface area (Å²) in [5, 5.41) is 3.46. The number of halogens is 1. The summed E-state index contributed by atoms with van der Waals surface area (Å²) in [6, 6.07) is 12.9. The van der Waals surface area contributed by atoms with Crippen molar-refractivity contribution in [3.8, 4) is 0 Å². The van der Waals surface area contributed by atoms with E-state index in [9.17, 15) is 0 Å². The average Bonchev–Trinajstić information content (AvgIpc) is 2.80. The lowest BCUT2D eigenvalue weighted by Crippen LogP contribution is -2.22. The van der Waals surface area contributed by atoms with Gasteiger partial charge in [-0.25, -0.2) is 0 Å². The van der Waals surface area contributed by atoms with Crippen molar-refractivity contribution in [1.82, 2.24) is 5.32 Å². The van der Waals surface area contributed by atoms with Crippen LogP contribution in [0, 0.1) is 6.92 Å². The summed E-state index contributed by atoms with van der Waals surface area (Å²) in [5.74, 6) is 0.509. The molecule has 1 atom stereocenters. The van der Waals surface area contributed by atoms with E-state index in [4.69, 9.17) is 11.6 Å². The Labute approximate surface area is 124 Å². The first kappa shape index (κ1) is 14.6. The van der Waals surface area contributed by atoms with Gasteiger partial charge in [0.05, 0.1) is 4.34 Å². The fourth-order valence-corrected chi connectivity index (χ4v) is 3.42. The van der Waals surface area contributed by atoms with E-state index < -0.39 is 0 Å². The molecular formula is C16H20ClNS. The van der Waals surface area contributed by atoms with E-state index >= 15 is 0 Å². The van der Waals surface area contributed by atoms with Crippen molar-refractivity contribution in [3.05, 3.63) is 56.7 Å². The second-order valence-electron chi connectivity index (χ2n) is 4.83. The highest BCUT2D eigenvalue weighted by atomic mass is 35.5. The van der Waals surface area contributed by atoms with Gasteiger partial charge in [-0.3, -0.25) is 0 Å². The molecule has 0 saturated heterocycles. The molecule has 0 spiro atoms. The summed E-state index contributed by atoms with van der Waals surface area (Å²) < 4.78 is 0.876. The average molecular weight is 294 g/mol. The third-order valence-electron chi connectivity index (χ3n) is 3.23. The van der Waals surface area contributed by atoms with Gasteiger partial charge in [-0.05, 0) is 37.6 Å². The van der Waals surface area contributed by atoms with Crippen LogP contribution in [0.2, 0.25) is 4.34 Å². The first-order chi connectivity index (χ1) is 9.19. The topological polar surface area (TPSA) is 12.0 Å². The van der Waals surface area contributed by atoms with Crippen LogP contribution in [0.15, 0.2) is 36.4 Å². The molecule has 1 unspecified atom stereocenters. The first-order valence-corrected chi connectivity index (χ1v) is 7.90. The van der Waals surface area contributed by atoms with Crippen LogP contribution in [0.5, 0.6) is 0 Å². The van der Waals surface area contributed by atoms with Crippen molar-refractivity contribution in [2.75, 3.05) is 13.1 Å². The zero-order valence-corrected chi connectivity index (χ0v) is 13.0. The maximum absolute atomic E-state index is 6.02. The van der Waals surface area contributed by atoms with Gasteiger partial charge in [-0.2, -0.15) is 0 Å². The van der Waals surface area contributed by atoms with Crippen LogP contribution in [-0.2, 0) is 6.42 Å². The number of likely N-dealkylation sites (N-methyl/N-ethyl adjacent to an activating group) is 1. The number of aryl methyl sites for hydroxylation is 1. The van der Waals surface area contributed by atoms with Gasteiger partial charge in [0.1, 0.15) is 0 Å². The van der Waals surface area contributed by atoms with Gasteiger partial charge >= 0.3 is 0 Å². The van der Waals surface area contributed by atoms with Crippen LogP contribution < -0.4 is 5.32 Å². The second-order valence-corrected chi connectivity index (χ2v) is 6.63. The van der Waals surface area contributed by atoms with Gasteiger partial charge in [0.25, 0.3) is 0 Å². The maximum Gasteiger partial charge on any atom is 0.0931 e. The van der Waals surface area contributed by atoms with Crippen molar-refractivity contribution in [1.29, 1.82) is 0 Å². The van der Waals surface area contributed by atoms with E-state index in [1.807, 2.05) is 6.07 Å². The molecule has 1 aromatic heterocycles. The summed E-state index contributed by atoms with van der Waals surface area (Å²) >= 11 is 7.71. The summed E-state index contributed by atoms with van der Waals surface area (Å²) in [5.41, 5.74) is 2.73. The molecule has 0 aliphatic heterocycles. The Morgan fingerprint density at radius 2 is 2.11 bits per heavy atom. The van der Waals surface area contributed by atoms with Crippen LogP contribution in [0.25, 0.3) is 0 Å². The van der Waals surface area contributed by atoms with Gasteiger partial charge in [0.2, 0.25) is 0 Å². The molecule has 1 nitrogen and oxygen atoms in total. The van der Waals surface area contributed by atoms with Crippen LogP contribution in [0.1, 0.15) is 28.8 Å². The van der Waals surface area contributed by atoms with Gasteiger partial charge in [-0.1, -0.05) is 48.4 Å².